The lowest BCUT2D eigenvalue weighted by Crippen LogP contribution is -2.12. The van der Waals surface area contributed by atoms with Crippen LogP contribution in [0.5, 0.6) is 0 Å². The molecule has 23 heavy (non-hydrogen) atoms. The lowest BCUT2D eigenvalue weighted by Gasteiger charge is -2.05. The van der Waals surface area contributed by atoms with Gasteiger partial charge >= 0.3 is 0 Å². The van der Waals surface area contributed by atoms with Crippen molar-refractivity contribution in [3.05, 3.63) is 66.1 Å². The predicted octanol–water partition coefficient (Wildman–Crippen LogP) is 4.49. The number of anilines is 1. The minimum absolute atomic E-state index is 0.228. The van der Waals surface area contributed by atoms with Crippen molar-refractivity contribution in [3.63, 3.8) is 0 Å². The standard InChI is InChI=1S/C19H16N2O2/c1-12-15-5-3-4-6-17(15)23-18(12)19(22)20-14-7-8-16-13(11-14)9-10-21(16)2/h3-11H,1-2H3,(H,20,22). The second-order valence-electron chi connectivity index (χ2n) is 5.71. The van der Waals surface area contributed by atoms with Gasteiger partial charge in [0.15, 0.2) is 5.76 Å². The van der Waals surface area contributed by atoms with Gasteiger partial charge in [0.25, 0.3) is 5.91 Å². The van der Waals surface area contributed by atoms with Crippen LogP contribution in [-0.2, 0) is 7.05 Å². The lowest BCUT2D eigenvalue weighted by atomic mass is 10.1. The number of benzene rings is 2. The number of furan rings is 1. The average molecular weight is 304 g/mol. The number of para-hydroxylation sites is 1. The van der Waals surface area contributed by atoms with Gasteiger partial charge in [-0.2, -0.15) is 0 Å². The van der Waals surface area contributed by atoms with Crippen molar-refractivity contribution in [1.29, 1.82) is 0 Å². The van der Waals surface area contributed by atoms with E-state index in [2.05, 4.69) is 5.32 Å². The highest BCUT2D eigenvalue weighted by molar-refractivity contribution is 6.07. The highest BCUT2D eigenvalue weighted by Gasteiger charge is 2.17. The first-order valence-electron chi connectivity index (χ1n) is 7.48. The van der Waals surface area contributed by atoms with Crippen LogP contribution in [0.2, 0.25) is 0 Å². The van der Waals surface area contributed by atoms with E-state index in [1.165, 1.54) is 0 Å². The normalized spacial score (nSPS) is 11.2. The molecule has 0 unspecified atom stereocenters. The molecular weight excluding hydrogens is 288 g/mol. The zero-order valence-corrected chi connectivity index (χ0v) is 13.0. The molecule has 0 bridgehead atoms. The van der Waals surface area contributed by atoms with Crippen LogP contribution in [0.1, 0.15) is 16.1 Å². The molecule has 0 saturated carbocycles. The fraction of sp³-hybridized carbons (Fsp3) is 0.105. The summed E-state index contributed by atoms with van der Waals surface area (Å²) in [5.74, 6) is 0.133. The summed E-state index contributed by atoms with van der Waals surface area (Å²) in [6.45, 7) is 1.90. The van der Waals surface area contributed by atoms with Crippen LogP contribution in [0.25, 0.3) is 21.9 Å². The van der Waals surface area contributed by atoms with E-state index in [9.17, 15) is 4.79 Å². The molecule has 0 aliphatic rings. The van der Waals surface area contributed by atoms with Crippen molar-refractivity contribution in [2.24, 2.45) is 7.05 Å². The maximum absolute atomic E-state index is 12.5. The molecule has 0 spiro atoms. The highest BCUT2D eigenvalue weighted by atomic mass is 16.3. The number of rotatable bonds is 2. The Bertz CT molecular complexity index is 1040. The van der Waals surface area contributed by atoms with Gasteiger partial charge in [-0.3, -0.25) is 4.79 Å². The van der Waals surface area contributed by atoms with Crippen LogP contribution < -0.4 is 5.32 Å². The predicted molar refractivity (Wildman–Crippen MR) is 91.8 cm³/mol. The molecule has 114 valence electrons. The third-order valence-electron chi connectivity index (χ3n) is 4.19. The van der Waals surface area contributed by atoms with Crippen molar-refractivity contribution in [1.82, 2.24) is 4.57 Å². The number of hydrogen-bond donors (Lipinski definition) is 1. The van der Waals surface area contributed by atoms with E-state index in [1.807, 2.05) is 73.3 Å². The van der Waals surface area contributed by atoms with E-state index in [0.717, 1.165) is 33.1 Å². The summed E-state index contributed by atoms with van der Waals surface area (Å²) in [5, 5.41) is 4.98. The van der Waals surface area contributed by atoms with Crippen molar-refractivity contribution >= 4 is 33.5 Å². The highest BCUT2D eigenvalue weighted by Crippen LogP contribution is 2.26. The summed E-state index contributed by atoms with van der Waals surface area (Å²) >= 11 is 0. The van der Waals surface area contributed by atoms with Crippen LogP contribution >= 0.6 is 0 Å². The number of aryl methyl sites for hydroxylation is 2. The summed E-state index contributed by atoms with van der Waals surface area (Å²) in [5.41, 5.74) is 3.48. The molecule has 1 N–H and O–H groups in total. The molecule has 2 heterocycles. The molecule has 4 heteroatoms. The number of hydrogen-bond acceptors (Lipinski definition) is 2. The maximum Gasteiger partial charge on any atom is 0.291 e. The van der Waals surface area contributed by atoms with Gasteiger partial charge in [0, 0.05) is 40.8 Å². The Morgan fingerprint density at radius 2 is 1.96 bits per heavy atom. The van der Waals surface area contributed by atoms with Gasteiger partial charge < -0.3 is 14.3 Å². The largest absolute Gasteiger partial charge is 0.451 e. The summed E-state index contributed by atoms with van der Waals surface area (Å²) < 4.78 is 7.75. The number of amides is 1. The number of fused-ring (bicyclic) bond motifs is 2. The van der Waals surface area contributed by atoms with Crippen LogP contribution in [0.3, 0.4) is 0 Å². The van der Waals surface area contributed by atoms with E-state index < -0.39 is 0 Å². The molecule has 0 radical (unpaired) electrons. The molecule has 0 saturated heterocycles. The minimum Gasteiger partial charge on any atom is -0.451 e. The average Bonchev–Trinajstić information content (AvgIpc) is 3.09. The Morgan fingerprint density at radius 1 is 1.13 bits per heavy atom. The summed E-state index contributed by atoms with van der Waals surface area (Å²) in [6.07, 6.45) is 2.00. The molecule has 0 aliphatic heterocycles. The Balaban J connectivity index is 1.68. The lowest BCUT2D eigenvalue weighted by molar-refractivity contribution is 0.0998. The summed E-state index contributed by atoms with van der Waals surface area (Å²) in [7, 11) is 2.00. The van der Waals surface area contributed by atoms with Crippen molar-refractivity contribution in [2.45, 2.75) is 6.92 Å². The molecule has 4 rings (SSSR count). The first-order chi connectivity index (χ1) is 11.1. The van der Waals surface area contributed by atoms with Crippen LogP contribution in [0, 0.1) is 6.92 Å². The summed E-state index contributed by atoms with van der Waals surface area (Å²) in [6, 6.07) is 15.6. The topological polar surface area (TPSA) is 47.2 Å². The number of aromatic nitrogens is 1. The zero-order valence-electron chi connectivity index (χ0n) is 13.0. The Morgan fingerprint density at radius 3 is 2.78 bits per heavy atom. The smallest absolute Gasteiger partial charge is 0.291 e. The van der Waals surface area contributed by atoms with Gasteiger partial charge in [-0.25, -0.2) is 0 Å². The van der Waals surface area contributed by atoms with Crippen molar-refractivity contribution in [2.75, 3.05) is 5.32 Å². The third kappa shape index (κ3) is 2.19. The van der Waals surface area contributed by atoms with Crippen LogP contribution in [-0.4, -0.2) is 10.5 Å². The second-order valence-corrected chi connectivity index (χ2v) is 5.71. The third-order valence-corrected chi connectivity index (χ3v) is 4.19. The van der Waals surface area contributed by atoms with Gasteiger partial charge in [0.1, 0.15) is 5.58 Å². The van der Waals surface area contributed by atoms with E-state index in [-0.39, 0.29) is 5.91 Å². The fourth-order valence-corrected chi connectivity index (χ4v) is 2.94. The number of carbonyl (C=O) groups excluding carboxylic acids is 1. The second kappa shape index (κ2) is 5.02. The van der Waals surface area contributed by atoms with E-state index >= 15 is 0 Å². The van der Waals surface area contributed by atoms with Gasteiger partial charge in [0.2, 0.25) is 0 Å². The molecule has 1 amide bonds. The molecule has 2 aromatic carbocycles. The van der Waals surface area contributed by atoms with E-state index in [0.29, 0.717) is 5.76 Å². The number of carbonyl (C=O) groups is 1. The number of nitrogens with one attached hydrogen (secondary N) is 1. The summed E-state index contributed by atoms with van der Waals surface area (Å²) in [4.78, 5) is 12.5. The fourth-order valence-electron chi connectivity index (χ4n) is 2.94. The molecule has 2 aromatic heterocycles. The van der Waals surface area contributed by atoms with Crippen LogP contribution in [0.15, 0.2) is 59.1 Å². The Kier molecular flexibility index (Phi) is 2.98. The minimum atomic E-state index is -0.228. The van der Waals surface area contributed by atoms with Crippen molar-refractivity contribution in [3.8, 4) is 0 Å². The van der Waals surface area contributed by atoms with E-state index in [4.69, 9.17) is 4.42 Å². The molecule has 0 aliphatic carbocycles. The number of nitrogens with zero attached hydrogens (tertiary/aromatic N) is 1. The SMILES string of the molecule is Cc1c(C(=O)Nc2ccc3c(ccn3C)c2)oc2ccccc12. The molecule has 4 nitrogen and oxygen atoms in total. The maximum atomic E-state index is 12.5. The van der Waals surface area contributed by atoms with Gasteiger partial charge in [-0.05, 0) is 37.3 Å². The van der Waals surface area contributed by atoms with Gasteiger partial charge in [-0.15, -0.1) is 0 Å². The quantitative estimate of drug-likeness (QED) is 0.593. The first-order valence-corrected chi connectivity index (χ1v) is 7.48. The van der Waals surface area contributed by atoms with Crippen molar-refractivity contribution < 1.29 is 9.21 Å². The van der Waals surface area contributed by atoms with Crippen LogP contribution in [0.4, 0.5) is 5.69 Å². The Hall–Kier alpha value is -3.01. The van der Waals surface area contributed by atoms with Gasteiger partial charge in [-0.1, -0.05) is 18.2 Å². The first kappa shape index (κ1) is 13.6. The zero-order chi connectivity index (χ0) is 16.0. The molecule has 0 fully saturated rings. The molecule has 0 atom stereocenters. The van der Waals surface area contributed by atoms with Gasteiger partial charge in [0.05, 0.1) is 0 Å². The Labute approximate surface area is 133 Å². The van der Waals surface area contributed by atoms with E-state index in [1.54, 1.807) is 0 Å². The monoisotopic (exact) mass is 304 g/mol. The molecular formula is C19H16N2O2. The molecule has 4 aromatic rings.